The molecule has 8 rings (SSSR count). The number of hydrogen-bond acceptors (Lipinski definition) is 4. The van der Waals surface area contributed by atoms with Gasteiger partial charge in [-0.25, -0.2) is 0 Å². The third-order valence-electron chi connectivity index (χ3n) is 9.26. The van der Waals surface area contributed by atoms with E-state index in [0.717, 1.165) is 53.6 Å². The number of H-pyrrole nitrogens is 1. The fraction of sp³-hybridized carbons (Fsp3) is 0.250. The number of amides is 2. The molecule has 1 aliphatic carbocycles. The van der Waals surface area contributed by atoms with Gasteiger partial charge in [0.15, 0.2) is 0 Å². The minimum atomic E-state index is 0. The molecule has 3 heterocycles. The molecule has 39 heavy (non-hydrogen) atoms. The zero-order chi connectivity index (χ0) is 26.1. The van der Waals surface area contributed by atoms with Gasteiger partial charge in [-0.1, -0.05) is 48.5 Å². The van der Waals surface area contributed by atoms with Crippen LogP contribution in [-0.2, 0) is 0 Å². The van der Waals surface area contributed by atoms with Crippen LogP contribution >= 0.6 is 0 Å². The van der Waals surface area contributed by atoms with Crippen LogP contribution in [-0.4, -0.2) is 63.2 Å². The Morgan fingerprint density at radius 1 is 0.615 bits per heavy atom. The van der Waals surface area contributed by atoms with Crippen molar-refractivity contribution >= 4 is 33.6 Å². The van der Waals surface area contributed by atoms with E-state index in [1.807, 2.05) is 58.3 Å². The molecule has 3 fully saturated rings. The average Bonchev–Trinajstić information content (AvgIpc) is 3.71. The first kappa shape index (κ1) is 22.5. The number of benzene rings is 4. The van der Waals surface area contributed by atoms with E-state index in [1.165, 1.54) is 5.56 Å². The van der Waals surface area contributed by atoms with E-state index in [9.17, 15) is 9.59 Å². The van der Waals surface area contributed by atoms with Crippen molar-refractivity contribution in [1.29, 1.82) is 0 Å². The number of fused-ring (bicyclic) bond motifs is 6. The van der Waals surface area contributed by atoms with E-state index >= 15 is 0 Å². The molecule has 5 aromatic rings. The molecule has 196 valence electrons. The summed E-state index contributed by atoms with van der Waals surface area (Å²) >= 11 is 0. The lowest BCUT2D eigenvalue weighted by atomic mass is 9.60. The molecule has 2 aliphatic heterocycles. The number of rotatable bonds is 3. The highest BCUT2D eigenvalue weighted by Crippen LogP contribution is 2.54. The van der Waals surface area contributed by atoms with Crippen molar-refractivity contribution in [1.82, 2.24) is 25.2 Å². The number of likely N-dealkylation sites (tertiary alicyclic amines) is 2. The highest BCUT2D eigenvalue weighted by atomic mass is 16.2. The molecule has 2 saturated heterocycles. The van der Waals surface area contributed by atoms with Crippen molar-refractivity contribution in [2.75, 3.05) is 26.2 Å². The normalized spacial score (nSPS) is 23.6. The Hall–Kier alpha value is -4.52. The maximum Gasteiger partial charge on any atom is 0.253 e. The van der Waals surface area contributed by atoms with Gasteiger partial charge in [0.2, 0.25) is 0 Å². The van der Waals surface area contributed by atoms with Gasteiger partial charge in [-0.2, -0.15) is 15.4 Å². The molecule has 7 heteroatoms. The predicted octanol–water partition coefficient (Wildman–Crippen LogP) is 5.36. The van der Waals surface area contributed by atoms with E-state index < -0.39 is 0 Å². The number of nitrogens with zero attached hydrogens (tertiary/aromatic N) is 4. The van der Waals surface area contributed by atoms with E-state index in [-0.39, 0.29) is 14.7 Å². The molecule has 0 spiro atoms. The average molecular weight is 518 g/mol. The Bertz CT molecular complexity index is 1750. The second-order valence-corrected chi connectivity index (χ2v) is 11.2. The number of hydrogen-bond donors (Lipinski definition) is 1. The first-order valence-electron chi connectivity index (χ1n) is 13.6. The molecule has 2 unspecified atom stereocenters. The Kier molecular flexibility index (Phi) is 4.89. The summed E-state index contributed by atoms with van der Waals surface area (Å²) in [4.78, 5) is 30.8. The van der Waals surface area contributed by atoms with Crippen LogP contribution in [0.2, 0.25) is 0 Å². The first-order chi connectivity index (χ1) is 19.1. The molecule has 1 aromatic heterocycles. The van der Waals surface area contributed by atoms with E-state index in [2.05, 4.69) is 51.8 Å². The van der Waals surface area contributed by atoms with Gasteiger partial charge in [0.25, 0.3) is 11.8 Å². The van der Waals surface area contributed by atoms with E-state index in [1.54, 1.807) is 0 Å². The van der Waals surface area contributed by atoms with Crippen molar-refractivity contribution in [3.8, 4) is 11.1 Å². The Labute approximate surface area is 228 Å². The van der Waals surface area contributed by atoms with Crippen LogP contribution < -0.4 is 0 Å². The van der Waals surface area contributed by atoms with Crippen LogP contribution in [0.4, 0.5) is 0 Å². The molecule has 3 aliphatic rings. The zero-order valence-electron chi connectivity index (χ0n) is 21.3. The smallest absolute Gasteiger partial charge is 0.253 e. The van der Waals surface area contributed by atoms with Crippen molar-refractivity contribution in [2.24, 2.45) is 23.7 Å². The number of aromatic amines is 1. The standard InChI is InChI=1S/C32H27N5O2.2H2/c38-31(22-9-7-20-6-8-21(12-24(20)13-22)19-4-2-1-3-5-19)36-15-25-26(16-36)28-18-37(17-27(25)28)32(39)23-10-11-29-30(14-23)34-35-33-29;;/h1-14,25-28H,15-18H2,(H,33,34,35);2*1H/t25?,26?,27-,28+;;. The minimum Gasteiger partial charge on any atom is -0.338 e. The summed E-state index contributed by atoms with van der Waals surface area (Å²) in [6, 6.07) is 28.3. The second-order valence-electron chi connectivity index (χ2n) is 11.2. The monoisotopic (exact) mass is 517 g/mol. The van der Waals surface area contributed by atoms with E-state index in [4.69, 9.17) is 0 Å². The fourth-order valence-corrected chi connectivity index (χ4v) is 7.23. The first-order valence-corrected chi connectivity index (χ1v) is 13.6. The SMILES string of the molecule is O=C(c1ccc2ccc(-c3ccccc3)cc2c1)N1CC2C(C1)[C@@H]1CN(C(=O)c3ccc4n[nH]nc4c3)C[C@H]21.[HH].[HH]. The number of carbonyl (C=O) groups is 2. The van der Waals surface area contributed by atoms with Crippen molar-refractivity contribution in [2.45, 2.75) is 0 Å². The number of aromatic nitrogens is 3. The van der Waals surface area contributed by atoms with E-state index in [0.29, 0.717) is 34.8 Å². The van der Waals surface area contributed by atoms with Crippen LogP contribution in [0.15, 0.2) is 84.9 Å². The summed E-state index contributed by atoms with van der Waals surface area (Å²) in [5, 5.41) is 13.0. The summed E-state index contributed by atoms with van der Waals surface area (Å²) in [5.41, 5.74) is 5.20. The molecule has 1 N–H and O–H groups in total. The summed E-state index contributed by atoms with van der Waals surface area (Å²) < 4.78 is 0. The van der Waals surface area contributed by atoms with Gasteiger partial charge in [-0.05, 0) is 82.0 Å². The van der Waals surface area contributed by atoms with Crippen LogP contribution in [0, 0.1) is 23.7 Å². The van der Waals surface area contributed by atoms with Gasteiger partial charge in [0.1, 0.15) is 11.0 Å². The lowest BCUT2D eigenvalue weighted by Crippen LogP contribution is -2.44. The quantitative estimate of drug-likeness (QED) is 0.349. The number of carbonyl (C=O) groups excluding carboxylic acids is 2. The second kappa shape index (κ2) is 8.50. The highest BCUT2D eigenvalue weighted by molar-refractivity contribution is 6.00. The summed E-state index contributed by atoms with van der Waals surface area (Å²) in [6.45, 7) is 3.09. The largest absolute Gasteiger partial charge is 0.338 e. The molecule has 4 aromatic carbocycles. The molecule has 0 bridgehead atoms. The Morgan fingerprint density at radius 3 is 1.90 bits per heavy atom. The molecular formula is C32H31N5O2. The molecule has 0 radical (unpaired) electrons. The maximum atomic E-state index is 13.6. The minimum absolute atomic E-state index is 0. The van der Waals surface area contributed by atoms with Crippen LogP contribution in [0.25, 0.3) is 32.9 Å². The summed E-state index contributed by atoms with van der Waals surface area (Å²) in [5.74, 6) is 2.06. The lowest BCUT2D eigenvalue weighted by Gasteiger charge is -2.42. The third kappa shape index (κ3) is 3.56. The Balaban J connectivity index is 0.00000151. The fourth-order valence-electron chi connectivity index (χ4n) is 7.23. The molecule has 2 amide bonds. The van der Waals surface area contributed by atoms with Crippen LogP contribution in [0.1, 0.15) is 23.6 Å². The van der Waals surface area contributed by atoms with Crippen molar-refractivity contribution in [3.63, 3.8) is 0 Å². The number of nitrogens with one attached hydrogen (secondary N) is 1. The zero-order valence-corrected chi connectivity index (χ0v) is 21.3. The third-order valence-corrected chi connectivity index (χ3v) is 9.26. The molecular weight excluding hydrogens is 486 g/mol. The molecule has 7 nitrogen and oxygen atoms in total. The Morgan fingerprint density at radius 2 is 1.21 bits per heavy atom. The van der Waals surface area contributed by atoms with Gasteiger partial charge < -0.3 is 9.80 Å². The topological polar surface area (TPSA) is 82.2 Å². The predicted molar refractivity (Wildman–Crippen MR) is 153 cm³/mol. The highest BCUT2D eigenvalue weighted by Gasteiger charge is 2.59. The van der Waals surface area contributed by atoms with Gasteiger partial charge in [-0.15, -0.1) is 0 Å². The van der Waals surface area contributed by atoms with Gasteiger partial charge >= 0.3 is 0 Å². The van der Waals surface area contributed by atoms with Crippen LogP contribution in [0.3, 0.4) is 0 Å². The maximum absolute atomic E-state index is 13.6. The van der Waals surface area contributed by atoms with Gasteiger partial charge in [0.05, 0.1) is 0 Å². The van der Waals surface area contributed by atoms with Gasteiger partial charge in [-0.3, -0.25) is 9.59 Å². The summed E-state index contributed by atoms with van der Waals surface area (Å²) in [6.07, 6.45) is 0. The van der Waals surface area contributed by atoms with Crippen molar-refractivity contribution in [3.05, 3.63) is 96.1 Å². The molecule has 4 atom stereocenters. The molecule has 1 saturated carbocycles. The lowest BCUT2D eigenvalue weighted by molar-refractivity contribution is 0.0629. The van der Waals surface area contributed by atoms with Crippen LogP contribution in [0.5, 0.6) is 0 Å². The summed E-state index contributed by atoms with van der Waals surface area (Å²) in [7, 11) is 0. The van der Waals surface area contributed by atoms with Crippen molar-refractivity contribution < 1.29 is 12.4 Å². The van der Waals surface area contributed by atoms with Gasteiger partial charge in [0, 0.05) is 40.2 Å².